The first kappa shape index (κ1) is 18.1. The Morgan fingerprint density at radius 3 is 3.00 bits per heavy atom. The molecule has 2 amide bonds. The minimum Gasteiger partial charge on any atom is -0.383 e. The molecule has 1 saturated heterocycles. The minimum absolute atomic E-state index is 0.0119. The second kappa shape index (κ2) is 8.62. The summed E-state index contributed by atoms with van der Waals surface area (Å²) < 4.78 is 6.79. The summed E-state index contributed by atoms with van der Waals surface area (Å²) in [5.74, 6) is -0.248. The molecule has 7 heteroatoms. The maximum atomic E-state index is 13.0. The molecule has 1 aliphatic rings. The van der Waals surface area contributed by atoms with Gasteiger partial charge < -0.3 is 19.5 Å². The average Bonchev–Trinajstić information content (AvgIpc) is 3.18. The highest BCUT2D eigenvalue weighted by Gasteiger charge is 2.29. The molecule has 1 atom stereocenters. The zero-order valence-electron chi connectivity index (χ0n) is 14.9. The van der Waals surface area contributed by atoms with Gasteiger partial charge in [-0.1, -0.05) is 0 Å². The molecule has 0 radical (unpaired) electrons. The molecule has 0 unspecified atom stereocenters. The van der Waals surface area contributed by atoms with Crippen LogP contribution < -0.4 is 5.32 Å². The molecule has 1 fully saturated rings. The Bertz CT molecular complexity index is 744. The third-order valence-corrected chi connectivity index (χ3v) is 4.58. The zero-order valence-corrected chi connectivity index (χ0v) is 14.9. The Balaban J connectivity index is 1.69. The molecular formula is C19H24N4O3. The zero-order chi connectivity index (χ0) is 18.4. The summed E-state index contributed by atoms with van der Waals surface area (Å²) in [7, 11) is 1.60. The van der Waals surface area contributed by atoms with Gasteiger partial charge in [0.15, 0.2) is 0 Å². The highest BCUT2D eigenvalue weighted by molar-refractivity contribution is 5.94. The standard InChI is InChI=1S/C19H24N4O3/c1-26-12-9-21-18(24)15-5-3-10-22(14-15)19(25)17-7-4-11-23(17)16-6-2-8-20-13-16/h2,4,6-8,11,13,15H,3,5,9-10,12,14H2,1H3,(H,21,24)/t15-/m0/s1. The van der Waals surface area contributed by atoms with Crippen molar-refractivity contribution in [2.45, 2.75) is 12.8 Å². The molecule has 0 bridgehead atoms. The van der Waals surface area contributed by atoms with E-state index in [0.717, 1.165) is 18.5 Å². The number of hydrogen-bond acceptors (Lipinski definition) is 4. The molecule has 0 saturated carbocycles. The lowest BCUT2D eigenvalue weighted by Gasteiger charge is -2.32. The van der Waals surface area contributed by atoms with Crippen molar-refractivity contribution in [3.8, 4) is 5.69 Å². The molecular weight excluding hydrogens is 332 g/mol. The van der Waals surface area contributed by atoms with Gasteiger partial charge in [0.25, 0.3) is 5.91 Å². The van der Waals surface area contributed by atoms with E-state index in [-0.39, 0.29) is 17.7 Å². The van der Waals surface area contributed by atoms with Crippen LogP contribution in [0.1, 0.15) is 23.3 Å². The summed E-state index contributed by atoms with van der Waals surface area (Å²) in [4.78, 5) is 31.2. The highest BCUT2D eigenvalue weighted by Crippen LogP contribution is 2.20. The number of amides is 2. The Hall–Kier alpha value is -2.67. The SMILES string of the molecule is COCCNC(=O)[C@H]1CCCN(C(=O)c2cccn2-c2cccnc2)C1. The summed E-state index contributed by atoms with van der Waals surface area (Å²) in [6.45, 7) is 2.08. The lowest BCUT2D eigenvalue weighted by molar-refractivity contribution is -0.126. The lowest BCUT2D eigenvalue weighted by Crippen LogP contribution is -2.46. The molecule has 2 aromatic rings. The number of methoxy groups -OCH3 is 1. The van der Waals surface area contributed by atoms with E-state index in [9.17, 15) is 9.59 Å². The van der Waals surface area contributed by atoms with Gasteiger partial charge in [-0.3, -0.25) is 14.6 Å². The number of rotatable bonds is 6. The summed E-state index contributed by atoms with van der Waals surface area (Å²) in [6, 6.07) is 7.40. The maximum Gasteiger partial charge on any atom is 0.270 e. The molecule has 0 aliphatic carbocycles. The van der Waals surface area contributed by atoms with Crippen molar-refractivity contribution in [2.24, 2.45) is 5.92 Å². The summed E-state index contributed by atoms with van der Waals surface area (Å²) in [6.07, 6.45) is 6.89. The number of nitrogens with one attached hydrogen (secondary N) is 1. The van der Waals surface area contributed by atoms with Crippen molar-refractivity contribution in [1.29, 1.82) is 0 Å². The van der Waals surface area contributed by atoms with Gasteiger partial charge in [0, 0.05) is 39.1 Å². The van der Waals surface area contributed by atoms with Crippen LogP contribution in [0.25, 0.3) is 5.69 Å². The van der Waals surface area contributed by atoms with Gasteiger partial charge in [0.1, 0.15) is 5.69 Å². The lowest BCUT2D eigenvalue weighted by atomic mass is 9.97. The Morgan fingerprint density at radius 2 is 2.23 bits per heavy atom. The van der Waals surface area contributed by atoms with Gasteiger partial charge in [-0.25, -0.2) is 0 Å². The van der Waals surface area contributed by atoms with Crippen LogP contribution in [0, 0.1) is 5.92 Å². The van der Waals surface area contributed by atoms with Gasteiger partial charge in [-0.15, -0.1) is 0 Å². The van der Waals surface area contributed by atoms with E-state index in [2.05, 4.69) is 10.3 Å². The summed E-state index contributed by atoms with van der Waals surface area (Å²) in [5, 5.41) is 2.87. The van der Waals surface area contributed by atoms with Gasteiger partial charge in [-0.2, -0.15) is 0 Å². The second-order valence-corrected chi connectivity index (χ2v) is 6.35. The third kappa shape index (κ3) is 4.11. The van der Waals surface area contributed by atoms with Crippen LogP contribution in [0.4, 0.5) is 0 Å². The number of aromatic nitrogens is 2. The Kier molecular flexibility index (Phi) is 6.01. The van der Waals surface area contributed by atoms with E-state index >= 15 is 0 Å². The van der Waals surface area contributed by atoms with Gasteiger partial charge in [-0.05, 0) is 37.1 Å². The molecule has 1 aliphatic heterocycles. The number of likely N-dealkylation sites (tertiary alicyclic amines) is 1. The van der Waals surface area contributed by atoms with Crippen LogP contribution >= 0.6 is 0 Å². The number of hydrogen-bond donors (Lipinski definition) is 1. The number of carbonyl (C=O) groups excluding carboxylic acids is 2. The molecule has 3 rings (SSSR count). The third-order valence-electron chi connectivity index (χ3n) is 4.58. The van der Waals surface area contributed by atoms with E-state index in [4.69, 9.17) is 4.74 Å². The summed E-state index contributed by atoms with van der Waals surface area (Å²) in [5.41, 5.74) is 1.42. The van der Waals surface area contributed by atoms with Gasteiger partial charge >= 0.3 is 0 Å². The number of piperidine rings is 1. The fourth-order valence-electron chi connectivity index (χ4n) is 3.23. The largest absolute Gasteiger partial charge is 0.383 e. The number of ether oxygens (including phenoxy) is 1. The number of pyridine rings is 1. The van der Waals surface area contributed by atoms with E-state index in [1.807, 2.05) is 29.0 Å². The normalized spacial score (nSPS) is 17.1. The van der Waals surface area contributed by atoms with Crippen LogP contribution in [0.3, 0.4) is 0 Å². The Morgan fingerprint density at radius 1 is 1.35 bits per heavy atom. The minimum atomic E-state index is -0.175. The van der Waals surface area contributed by atoms with Crippen molar-refractivity contribution in [3.05, 3.63) is 48.5 Å². The van der Waals surface area contributed by atoms with Gasteiger partial charge in [0.2, 0.25) is 5.91 Å². The topological polar surface area (TPSA) is 76.5 Å². The monoisotopic (exact) mass is 356 g/mol. The van der Waals surface area contributed by atoms with Crippen LogP contribution in [-0.2, 0) is 9.53 Å². The van der Waals surface area contributed by atoms with Crippen LogP contribution in [0.15, 0.2) is 42.9 Å². The van der Waals surface area contributed by atoms with Crippen molar-refractivity contribution >= 4 is 11.8 Å². The molecule has 7 nitrogen and oxygen atoms in total. The fourth-order valence-corrected chi connectivity index (χ4v) is 3.23. The van der Waals surface area contributed by atoms with Crippen molar-refractivity contribution < 1.29 is 14.3 Å². The van der Waals surface area contributed by atoms with E-state index in [1.165, 1.54) is 0 Å². The fraction of sp³-hybridized carbons (Fsp3) is 0.421. The van der Waals surface area contributed by atoms with Crippen LogP contribution in [0.5, 0.6) is 0 Å². The molecule has 3 heterocycles. The predicted octanol–water partition coefficient (Wildman–Crippen LogP) is 1.49. The molecule has 138 valence electrons. The summed E-state index contributed by atoms with van der Waals surface area (Å²) >= 11 is 0. The first-order valence-corrected chi connectivity index (χ1v) is 8.84. The van der Waals surface area contributed by atoms with Crippen molar-refractivity contribution in [2.75, 3.05) is 33.4 Å². The van der Waals surface area contributed by atoms with Crippen LogP contribution in [0.2, 0.25) is 0 Å². The molecule has 0 spiro atoms. The quantitative estimate of drug-likeness (QED) is 0.796. The van der Waals surface area contributed by atoms with Crippen molar-refractivity contribution in [3.63, 3.8) is 0 Å². The highest BCUT2D eigenvalue weighted by atomic mass is 16.5. The van der Waals surface area contributed by atoms with Crippen molar-refractivity contribution in [1.82, 2.24) is 19.8 Å². The molecule has 2 aromatic heterocycles. The smallest absolute Gasteiger partial charge is 0.270 e. The predicted molar refractivity (Wildman–Crippen MR) is 97.1 cm³/mol. The van der Waals surface area contributed by atoms with E-state index < -0.39 is 0 Å². The van der Waals surface area contributed by atoms with E-state index in [1.54, 1.807) is 30.5 Å². The molecule has 26 heavy (non-hydrogen) atoms. The average molecular weight is 356 g/mol. The van der Waals surface area contributed by atoms with Crippen LogP contribution in [-0.4, -0.2) is 59.6 Å². The second-order valence-electron chi connectivity index (χ2n) is 6.35. The first-order valence-electron chi connectivity index (χ1n) is 8.84. The number of carbonyl (C=O) groups is 2. The van der Waals surface area contributed by atoms with E-state index in [0.29, 0.717) is 31.9 Å². The number of nitrogens with zero attached hydrogens (tertiary/aromatic N) is 3. The first-order chi connectivity index (χ1) is 12.7. The maximum absolute atomic E-state index is 13.0. The van der Waals surface area contributed by atoms with Gasteiger partial charge in [0.05, 0.1) is 24.4 Å². The molecule has 0 aromatic carbocycles. The Labute approximate surface area is 153 Å². The molecule has 1 N–H and O–H groups in total.